The largest absolute Gasteiger partial charge is 0.341 e. The van der Waals surface area contributed by atoms with Crippen molar-refractivity contribution in [1.29, 1.82) is 0 Å². The van der Waals surface area contributed by atoms with E-state index in [1.165, 1.54) is 29.0 Å². The van der Waals surface area contributed by atoms with Crippen LogP contribution < -0.4 is 10.7 Å². The monoisotopic (exact) mass is 411 g/mol. The molecule has 3 aromatic rings. The molecule has 1 aliphatic carbocycles. The minimum Gasteiger partial charge on any atom is -0.306 e. The zero-order valence-corrected chi connectivity index (χ0v) is 17.3. The molecule has 0 radical (unpaired) electrons. The summed E-state index contributed by atoms with van der Waals surface area (Å²) in [6.45, 7) is 0. The number of urea groups is 1. The van der Waals surface area contributed by atoms with Crippen LogP contribution >= 0.6 is 0 Å². The number of benzene rings is 3. The zero-order valence-electron chi connectivity index (χ0n) is 17.3. The Morgan fingerprint density at radius 3 is 2.19 bits per heavy atom. The molecule has 0 spiro atoms. The van der Waals surface area contributed by atoms with Crippen molar-refractivity contribution in [2.75, 3.05) is 5.32 Å². The van der Waals surface area contributed by atoms with Gasteiger partial charge < -0.3 is 5.32 Å². The Morgan fingerprint density at radius 2 is 1.48 bits per heavy atom. The number of fused-ring (bicyclic) bond motifs is 1. The lowest BCUT2D eigenvalue weighted by atomic mass is 9.87. The minimum absolute atomic E-state index is 0.180. The summed E-state index contributed by atoms with van der Waals surface area (Å²) in [6.07, 6.45) is 4.54. The zero-order chi connectivity index (χ0) is 21.2. The number of anilines is 1. The first kappa shape index (κ1) is 19.4. The van der Waals surface area contributed by atoms with Crippen molar-refractivity contribution in [2.45, 2.75) is 37.6 Å². The van der Waals surface area contributed by atoms with E-state index in [9.17, 15) is 9.59 Å². The van der Waals surface area contributed by atoms with Crippen LogP contribution in [-0.2, 0) is 17.6 Å². The summed E-state index contributed by atoms with van der Waals surface area (Å²) in [5.74, 6) is -0.654. The molecule has 1 saturated heterocycles. The second-order valence-electron chi connectivity index (χ2n) is 8.21. The number of carbonyl (C=O) groups is 2. The minimum atomic E-state index is -0.474. The molecule has 2 N–H and O–H groups in total. The summed E-state index contributed by atoms with van der Waals surface area (Å²) >= 11 is 0. The summed E-state index contributed by atoms with van der Waals surface area (Å²) in [4.78, 5) is 26.3. The van der Waals surface area contributed by atoms with Crippen LogP contribution in [0.5, 0.6) is 0 Å². The van der Waals surface area contributed by atoms with Gasteiger partial charge in [-0.25, -0.2) is 9.80 Å². The van der Waals surface area contributed by atoms with E-state index in [-0.39, 0.29) is 11.9 Å². The third-order valence-electron chi connectivity index (χ3n) is 6.23. The first-order valence-corrected chi connectivity index (χ1v) is 10.8. The Hall–Kier alpha value is -3.60. The van der Waals surface area contributed by atoms with E-state index in [0.717, 1.165) is 29.7 Å². The number of rotatable bonds is 3. The lowest BCUT2D eigenvalue weighted by molar-refractivity contribution is -0.121. The van der Waals surface area contributed by atoms with Crippen molar-refractivity contribution < 1.29 is 9.59 Å². The number of hydrogen-bond donors (Lipinski definition) is 2. The Kier molecular flexibility index (Phi) is 5.16. The van der Waals surface area contributed by atoms with Crippen LogP contribution in [0.4, 0.5) is 10.5 Å². The number of aryl methyl sites for hydroxylation is 2. The molecule has 5 heteroatoms. The van der Waals surface area contributed by atoms with Gasteiger partial charge in [-0.05, 0) is 60.1 Å². The Balaban J connectivity index is 1.45. The maximum atomic E-state index is 13.3. The summed E-state index contributed by atoms with van der Waals surface area (Å²) in [5.41, 5.74) is 8.04. The number of hydrazine groups is 1. The van der Waals surface area contributed by atoms with Gasteiger partial charge in [-0.2, -0.15) is 0 Å². The van der Waals surface area contributed by atoms with Crippen molar-refractivity contribution in [1.82, 2.24) is 10.4 Å². The fourth-order valence-corrected chi connectivity index (χ4v) is 4.71. The molecule has 0 saturated carbocycles. The molecular formula is C26H25N3O2. The van der Waals surface area contributed by atoms with Gasteiger partial charge in [-0.15, -0.1) is 0 Å². The number of hydrogen-bond acceptors (Lipinski definition) is 2. The van der Waals surface area contributed by atoms with Crippen molar-refractivity contribution in [3.8, 4) is 0 Å². The van der Waals surface area contributed by atoms with Crippen LogP contribution in [0.25, 0.3) is 0 Å². The molecule has 5 rings (SSSR count). The number of nitrogens with one attached hydrogen (secondary N) is 2. The first-order chi connectivity index (χ1) is 15.2. The first-order valence-electron chi connectivity index (χ1n) is 10.8. The highest BCUT2D eigenvalue weighted by Crippen LogP contribution is 2.40. The molecule has 156 valence electrons. The molecule has 1 aliphatic heterocycles. The number of nitrogens with zero attached hydrogens (tertiary/aromatic N) is 1. The molecule has 3 aromatic carbocycles. The van der Waals surface area contributed by atoms with Crippen LogP contribution in [0.3, 0.4) is 0 Å². The van der Waals surface area contributed by atoms with Gasteiger partial charge in [0.25, 0.3) is 0 Å². The molecular weight excluding hydrogens is 386 g/mol. The highest BCUT2D eigenvalue weighted by atomic mass is 16.2. The van der Waals surface area contributed by atoms with Gasteiger partial charge >= 0.3 is 6.03 Å². The average molecular weight is 412 g/mol. The second kappa shape index (κ2) is 8.26. The van der Waals surface area contributed by atoms with Crippen LogP contribution in [0, 0.1) is 0 Å². The standard InChI is InChI=1S/C26H25N3O2/c30-25-23(19-10-3-1-4-11-19)24(20-12-5-2-6-13-20)29(28-25)26(31)27-22-16-15-18-9-7-8-14-21(18)17-22/h1-6,10-13,15-17,23-24H,7-9,14H2,(H,27,31)(H,28,30). The van der Waals surface area contributed by atoms with Crippen molar-refractivity contribution in [3.63, 3.8) is 0 Å². The molecule has 0 aromatic heterocycles. The maximum Gasteiger partial charge on any atom is 0.341 e. The van der Waals surface area contributed by atoms with Gasteiger partial charge in [0.15, 0.2) is 0 Å². The molecule has 0 bridgehead atoms. The lowest BCUT2D eigenvalue weighted by Crippen LogP contribution is -2.42. The van der Waals surface area contributed by atoms with Crippen LogP contribution in [0.2, 0.25) is 0 Å². The molecule has 2 aliphatic rings. The van der Waals surface area contributed by atoms with E-state index >= 15 is 0 Å². The van der Waals surface area contributed by atoms with Gasteiger partial charge in [0.2, 0.25) is 5.91 Å². The van der Waals surface area contributed by atoms with Gasteiger partial charge in [-0.1, -0.05) is 66.7 Å². The lowest BCUT2D eigenvalue weighted by Gasteiger charge is -2.27. The normalized spacial score (nSPS) is 20.1. The molecule has 31 heavy (non-hydrogen) atoms. The summed E-state index contributed by atoms with van der Waals surface area (Å²) in [7, 11) is 0. The maximum absolute atomic E-state index is 13.3. The second-order valence-corrected chi connectivity index (χ2v) is 8.21. The predicted octanol–water partition coefficient (Wildman–Crippen LogP) is 4.97. The topological polar surface area (TPSA) is 61.4 Å². The molecule has 1 fully saturated rings. The predicted molar refractivity (Wildman–Crippen MR) is 120 cm³/mol. The van der Waals surface area contributed by atoms with E-state index in [1.807, 2.05) is 66.7 Å². The molecule has 5 nitrogen and oxygen atoms in total. The third-order valence-corrected chi connectivity index (χ3v) is 6.23. The van der Waals surface area contributed by atoms with Crippen molar-refractivity contribution >= 4 is 17.6 Å². The number of carbonyl (C=O) groups excluding carboxylic acids is 2. The molecule has 2 unspecified atom stereocenters. The van der Waals surface area contributed by atoms with Gasteiger partial charge in [0.05, 0.1) is 12.0 Å². The summed E-state index contributed by atoms with van der Waals surface area (Å²) in [5, 5.41) is 4.44. The van der Waals surface area contributed by atoms with Crippen molar-refractivity contribution in [3.05, 3.63) is 101 Å². The van der Waals surface area contributed by atoms with E-state index in [1.54, 1.807) is 0 Å². The quantitative estimate of drug-likeness (QED) is 0.639. The Labute approximate surface area is 182 Å². The van der Waals surface area contributed by atoms with Crippen LogP contribution in [-0.4, -0.2) is 16.9 Å². The van der Waals surface area contributed by atoms with Gasteiger partial charge in [0.1, 0.15) is 0 Å². The Morgan fingerprint density at radius 1 is 0.839 bits per heavy atom. The molecule has 3 amide bonds. The SMILES string of the molecule is O=C1NN(C(=O)Nc2ccc3c(c2)CCCC3)C(c2ccccc2)C1c1ccccc1. The van der Waals surface area contributed by atoms with E-state index in [0.29, 0.717) is 0 Å². The van der Waals surface area contributed by atoms with Crippen LogP contribution in [0.15, 0.2) is 78.9 Å². The third kappa shape index (κ3) is 3.79. The molecule has 1 heterocycles. The number of amides is 3. The highest BCUT2D eigenvalue weighted by Gasteiger charge is 2.45. The average Bonchev–Trinajstić information content (AvgIpc) is 3.17. The van der Waals surface area contributed by atoms with E-state index in [2.05, 4.69) is 22.9 Å². The van der Waals surface area contributed by atoms with E-state index in [4.69, 9.17) is 0 Å². The molecule has 2 atom stereocenters. The van der Waals surface area contributed by atoms with E-state index < -0.39 is 12.0 Å². The van der Waals surface area contributed by atoms with Gasteiger partial charge in [0, 0.05) is 5.69 Å². The highest BCUT2D eigenvalue weighted by molar-refractivity contribution is 5.96. The van der Waals surface area contributed by atoms with Crippen LogP contribution in [0.1, 0.15) is 47.1 Å². The fraction of sp³-hybridized carbons (Fsp3) is 0.231. The van der Waals surface area contributed by atoms with Crippen molar-refractivity contribution in [2.24, 2.45) is 0 Å². The Bertz CT molecular complexity index is 1100. The summed E-state index contributed by atoms with van der Waals surface area (Å²) < 4.78 is 0. The smallest absolute Gasteiger partial charge is 0.306 e. The summed E-state index contributed by atoms with van der Waals surface area (Å²) in [6, 6.07) is 24.7. The fourth-order valence-electron chi connectivity index (χ4n) is 4.71. The van der Waals surface area contributed by atoms with Gasteiger partial charge in [-0.3, -0.25) is 10.2 Å².